The van der Waals surface area contributed by atoms with Crippen LogP contribution in [0.1, 0.15) is 53.9 Å². The highest BCUT2D eigenvalue weighted by atomic mass is 79.9. The maximum absolute atomic E-state index is 13.5. The van der Waals surface area contributed by atoms with Crippen molar-refractivity contribution in [2.45, 2.75) is 51.5 Å². The Bertz CT molecular complexity index is 1220. The summed E-state index contributed by atoms with van der Waals surface area (Å²) in [5.74, 6) is -1.33. The van der Waals surface area contributed by atoms with Crippen LogP contribution >= 0.6 is 15.9 Å². The topological polar surface area (TPSA) is 123 Å². The monoisotopic (exact) mass is 570 g/mol. The Morgan fingerprint density at radius 2 is 1.69 bits per heavy atom. The Balaban J connectivity index is 2.71. The maximum Gasteiger partial charge on any atom is 0.340 e. The van der Waals surface area contributed by atoms with Gasteiger partial charge in [0.05, 0.1) is 35.7 Å². The number of H-pyrrole nitrogens is 1. The van der Waals surface area contributed by atoms with Crippen LogP contribution in [-0.4, -0.2) is 50.4 Å². The zero-order valence-corrected chi connectivity index (χ0v) is 22.9. The van der Waals surface area contributed by atoms with Crippen LogP contribution in [0.5, 0.6) is 0 Å². The van der Waals surface area contributed by atoms with Crippen molar-refractivity contribution in [3.8, 4) is 0 Å². The molecule has 11 heteroatoms. The van der Waals surface area contributed by atoms with E-state index in [2.05, 4.69) is 20.9 Å². The van der Waals surface area contributed by atoms with Crippen LogP contribution in [0.15, 0.2) is 38.4 Å². The first kappa shape index (κ1) is 28.7. The van der Waals surface area contributed by atoms with Gasteiger partial charge in [0.2, 0.25) is 10.0 Å². The molecule has 0 saturated carbocycles. The molecule has 0 bridgehead atoms. The lowest BCUT2D eigenvalue weighted by Crippen LogP contribution is -2.37. The Hall–Kier alpha value is -2.50. The lowest BCUT2D eigenvalue weighted by molar-refractivity contribution is -0.140. The number of methoxy groups -OCH3 is 2. The van der Waals surface area contributed by atoms with Gasteiger partial charge in [-0.05, 0) is 52.9 Å². The molecule has 0 spiro atoms. The van der Waals surface area contributed by atoms with Crippen molar-refractivity contribution in [1.29, 1.82) is 0 Å². The number of aryl methyl sites for hydroxylation is 1. The number of pyridine rings is 1. The third-order valence-electron chi connectivity index (χ3n) is 5.90. The largest absolute Gasteiger partial charge is 0.468 e. The van der Waals surface area contributed by atoms with Crippen molar-refractivity contribution >= 4 is 37.9 Å². The fourth-order valence-corrected chi connectivity index (χ4v) is 5.49. The van der Waals surface area contributed by atoms with Gasteiger partial charge in [0.1, 0.15) is 6.54 Å². The molecule has 1 aromatic carbocycles. The van der Waals surface area contributed by atoms with E-state index in [1.165, 1.54) is 19.2 Å². The fraction of sp³-hybridized carbons (Fsp3) is 0.458. The molecule has 9 nitrogen and oxygen atoms in total. The number of aromatic amines is 1. The zero-order chi connectivity index (χ0) is 26.3. The highest BCUT2D eigenvalue weighted by Gasteiger charge is 2.31. The van der Waals surface area contributed by atoms with E-state index < -0.39 is 40.6 Å². The Morgan fingerprint density at radius 3 is 2.20 bits per heavy atom. The minimum atomic E-state index is -4.19. The van der Waals surface area contributed by atoms with Crippen LogP contribution in [0.2, 0.25) is 0 Å². The van der Waals surface area contributed by atoms with Gasteiger partial charge in [-0.15, -0.1) is 0 Å². The molecule has 0 unspecified atom stereocenters. The van der Waals surface area contributed by atoms with Gasteiger partial charge in [0.25, 0.3) is 5.56 Å². The number of hydrogen-bond acceptors (Lipinski definition) is 7. The number of benzene rings is 1. The van der Waals surface area contributed by atoms with E-state index in [0.717, 1.165) is 29.8 Å². The summed E-state index contributed by atoms with van der Waals surface area (Å²) in [6.45, 7) is 4.78. The third kappa shape index (κ3) is 6.80. The number of halogens is 1. The SMILES string of the molecule is CCC(CC)Cc1c(C(=O)OC)c(CN(CC(=O)OC)S(=O)(=O)c2ccc(C)cc2)[nH]c(=O)c1Br. The highest BCUT2D eigenvalue weighted by molar-refractivity contribution is 9.10. The highest BCUT2D eigenvalue weighted by Crippen LogP contribution is 2.28. The number of hydrogen-bond donors (Lipinski definition) is 1. The number of rotatable bonds is 11. The number of carbonyl (C=O) groups excluding carboxylic acids is 2. The number of aromatic nitrogens is 1. The van der Waals surface area contributed by atoms with E-state index in [0.29, 0.717) is 12.0 Å². The molecule has 0 radical (unpaired) electrons. The predicted octanol–water partition coefficient (Wildman–Crippen LogP) is 3.58. The summed E-state index contributed by atoms with van der Waals surface area (Å²) in [5, 5.41) is 0. The van der Waals surface area contributed by atoms with Gasteiger partial charge in [-0.25, -0.2) is 13.2 Å². The zero-order valence-electron chi connectivity index (χ0n) is 20.5. The van der Waals surface area contributed by atoms with Crippen molar-refractivity contribution in [1.82, 2.24) is 9.29 Å². The van der Waals surface area contributed by atoms with Gasteiger partial charge in [0, 0.05) is 5.69 Å². The van der Waals surface area contributed by atoms with E-state index in [1.54, 1.807) is 12.1 Å². The molecule has 0 aliphatic rings. The summed E-state index contributed by atoms with van der Waals surface area (Å²) >= 11 is 3.29. The molecule has 1 aromatic heterocycles. The average molecular weight is 571 g/mol. The molecule has 0 aliphatic heterocycles. The summed E-state index contributed by atoms with van der Waals surface area (Å²) < 4.78 is 37.7. The lowest BCUT2D eigenvalue weighted by Gasteiger charge is -2.24. The quantitative estimate of drug-likeness (QED) is 0.409. The van der Waals surface area contributed by atoms with Crippen molar-refractivity contribution in [2.24, 2.45) is 5.92 Å². The van der Waals surface area contributed by atoms with Crippen molar-refractivity contribution < 1.29 is 27.5 Å². The molecule has 2 aromatic rings. The smallest absolute Gasteiger partial charge is 0.340 e. The van der Waals surface area contributed by atoms with E-state index >= 15 is 0 Å². The predicted molar refractivity (Wildman–Crippen MR) is 135 cm³/mol. The minimum absolute atomic E-state index is 0.0330. The molecular formula is C24H31BrN2O7S. The summed E-state index contributed by atoms with van der Waals surface area (Å²) in [6.07, 6.45) is 2.06. The first-order chi connectivity index (χ1) is 16.5. The molecule has 1 heterocycles. The number of carbonyl (C=O) groups is 2. The molecule has 0 aliphatic carbocycles. The molecule has 2 rings (SSSR count). The van der Waals surface area contributed by atoms with Gasteiger partial charge in [-0.3, -0.25) is 9.59 Å². The first-order valence-corrected chi connectivity index (χ1v) is 13.4. The summed E-state index contributed by atoms with van der Waals surface area (Å²) in [6, 6.07) is 6.13. The van der Waals surface area contributed by atoms with E-state index in [1.807, 2.05) is 20.8 Å². The van der Waals surface area contributed by atoms with Crippen molar-refractivity contribution in [3.63, 3.8) is 0 Å². The van der Waals surface area contributed by atoms with Crippen LogP contribution in [0.4, 0.5) is 0 Å². The molecule has 0 fully saturated rings. The standard InChI is InChI=1S/C24H31BrN2O7S/c1-6-16(7-2)12-18-21(24(30)34-5)19(26-23(29)22(18)25)13-27(14-20(28)33-4)35(31,32)17-10-8-15(3)9-11-17/h8-11,16H,6-7,12-14H2,1-5H3,(H,26,29). The van der Waals surface area contributed by atoms with Crippen LogP contribution < -0.4 is 5.56 Å². The number of nitrogens with one attached hydrogen (secondary N) is 1. The molecule has 35 heavy (non-hydrogen) atoms. The van der Waals surface area contributed by atoms with Crippen LogP contribution in [0.25, 0.3) is 0 Å². The van der Waals surface area contributed by atoms with Crippen molar-refractivity contribution in [2.75, 3.05) is 20.8 Å². The normalized spacial score (nSPS) is 11.7. The Morgan fingerprint density at radius 1 is 1.09 bits per heavy atom. The minimum Gasteiger partial charge on any atom is -0.468 e. The summed E-state index contributed by atoms with van der Waals surface area (Å²) in [4.78, 5) is 40.3. The second-order valence-electron chi connectivity index (χ2n) is 8.14. The molecule has 0 atom stereocenters. The van der Waals surface area contributed by atoms with Crippen LogP contribution in [-0.2, 0) is 37.3 Å². The first-order valence-electron chi connectivity index (χ1n) is 11.1. The van der Waals surface area contributed by atoms with Crippen molar-refractivity contribution in [3.05, 3.63) is 61.5 Å². The Kier molecular flexibility index (Phi) is 10.2. The molecule has 0 saturated heterocycles. The molecule has 0 amide bonds. The van der Waals surface area contributed by atoms with Gasteiger partial charge in [0.15, 0.2) is 0 Å². The third-order valence-corrected chi connectivity index (χ3v) is 8.54. The van der Waals surface area contributed by atoms with E-state index in [9.17, 15) is 22.8 Å². The number of nitrogens with zero attached hydrogens (tertiary/aromatic N) is 1. The number of ether oxygens (including phenoxy) is 2. The second kappa shape index (κ2) is 12.5. The Labute approximate surface area is 214 Å². The van der Waals surface area contributed by atoms with Gasteiger partial charge in [-0.1, -0.05) is 44.4 Å². The lowest BCUT2D eigenvalue weighted by atomic mass is 9.91. The van der Waals surface area contributed by atoms with Crippen LogP contribution in [0, 0.1) is 12.8 Å². The molecular weight excluding hydrogens is 540 g/mol. The molecule has 192 valence electrons. The van der Waals surface area contributed by atoms with E-state index in [4.69, 9.17) is 9.47 Å². The molecule has 1 N–H and O–H groups in total. The maximum atomic E-state index is 13.5. The van der Waals surface area contributed by atoms with Gasteiger partial charge in [-0.2, -0.15) is 4.31 Å². The van der Waals surface area contributed by atoms with Gasteiger partial charge >= 0.3 is 11.9 Å². The fourth-order valence-electron chi connectivity index (χ4n) is 3.68. The number of esters is 2. The summed E-state index contributed by atoms with van der Waals surface area (Å²) in [7, 11) is -1.84. The number of sulfonamides is 1. The van der Waals surface area contributed by atoms with E-state index in [-0.39, 0.29) is 26.5 Å². The second-order valence-corrected chi connectivity index (χ2v) is 10.9. The average Bonchev–Trinajstić information content (AvgIpc) is 2.84. The van der Waals surface area contributed by atoms with Crippen LogP contribution in [0.3, 0.4) is 0 Å². The summed E-state index contributed by atoms with van der Waals surface area (Å²) in [5.41, 5.74) is 0.889. The van der Waals surface area contributed by atoms with Gasteiger partial charge < -0.3 is 14.5 Å².